The topological polar surface area (TPSA) is 89.8 Å². The first-order valence-corrected chi connectivity index (χ1v) is 10.9. The molecule has 2 N–H and O–H groups in total. The first-order chi connectivity index (χ1) is 17.1. The molecular formula is C27H23N5O3. The first kappa shape index (κ1) is 22.0. The van der Waals surface area contributed by atoms with Crippen LogP contribution in [-0.2, 0) is 0 Å². The zero-order chi connectivity index (χ0) is 24.2. The van der Waals surface area contributed by atoms with E-state index >= 15 is 0 Å². The lowest BCUT2D eigenvalue weighted by Gasteiger charge is -2.10. The maximum absolute atomic E-state index is 12.4. The van der Waals surface area contributed by atoms with E-state index in [9.17, 15) is 4.79 Å². The van der Waals surface area contributed by atoms with Crippen LogP contribution >= 0.6 is 0 Å². The molecule has 0 aliphatic heterocycles. The highest BCUT2D eigenvalue weighted by molar-refractivity contribution is 6.04. The van der Waals surface area contributed by atoms with Crippen LogP contribution in [0.15, 0.2) is 91.3 Å². The molecule has 0 saturated heterocycles. The number of carbonyl (C=O) groups is 1. The molecule has 8 heteroatoms. The Labute approximate surface area is 202 Å². The molecule has 0 unspecified atom stereocenters. The van der Waals surface area contributed by atoms with Gasteiger partial charge >= 0.3 is 0 Å². The molecule has 0 fully saturated rings. The van der Waals surface area contributed by atoms with Crippen molar-refractivity contribution in [3.05, 3.63) is 96.8 Å². The van der Waals surface area contributed by atoms with Gasteiger partial charge in [0.25, 0.3) is 5.91 Å². The summed E-state index contributed by atoms with van der Waals surface area (Å²) in [5.74, 6) is 1.81. The van der Waals surface area contributed by atoms with E-state index in [2.05, 4.69) is 15.7 Å². The van der Waals surface area contributed by atoms with Gasteiger partial charge in [-0.2, -0.15) is 5.10 Å². The summed E-state index contributed by atoms with van der Waals surface area (Å²) < 4.78 is 12.5. The first-order valence-electron chi connectivity index (χ1n) is 10.9. The van der Waals surface area contributed by atoms with Crippen molar-refractivity contribution < 1.29 is 14.3 Å². The lowest BCUT2D eigenvalue weighted by molar-refractivity contribution is 0.102. The summed E-state index contributed by atoms with van der Waals surface area (Å²) in [6, 6.07) is 24.1. The molecule has 3 aromatic carbocycles. The molecular weight excluding hydrogens is 442 g/mol. The minimum absolute atomic E-state index is 0.151. The van der Waals surface area contributed by atoms with E-state index in [0.717, 1.165) is 16.8 Å². The summed E-state index contributed by atoms with van der Waals surface area (Å²) in [6.07, 6.45) is 3.63. The fourth-order valence-corrected chi connectivity index (χ4v) is 3.72. The summed E-state index contributed by atoms with van der Waals surface area (Å²) in [5.41, 5.74) is 4.65. The van der Waals surface area contributed by atoms with Gasteiger partial charge in [-0.05, 0) is 60.2 Å². The molecule has 1 amide bonds. The van der Waals surface area contributed by atoms with E-state index in [4.69, 9.17) is 14.5 Å². The number of ether oxygens (including phenoxy) is 2. The van der Waals surface area contributed by atoms with Gasteiger partial charge < -0.3 is 20.1 Å². The Bertz CT molecular complexity index is 1480. The maximum Gasteiger partial charge on any atom is 0.255 e. The van der Waals surface area contributed by atoms with E-state index in [1.165, 1.54) is 0 Å². The highest BCUT2D eigenvalue weighted by atomic mass is 16.5. The van der Waals surface area contributed by atoms with E-state index in [1.807, 2.05) is 72.9 Å². The van der Waals surface area contributed by atoms with Crippen molar-refractivity contribution in [2.24, 2.45) is 0 Å². The standard InChI is InChI=1S/C27H23N5O3/c1-34-23-13-8-19(16-24(23)35-2)22-17-28-32-15-14-25(31-26(22)32)29-20-9-11-21(12-10-20)30-27(33)18-6-4-3-5-7-18/h3-17H,1-2H3,(H,29,31)(H,30,33). The normalized spacial score (nSPS) is 10.7. The molecule has 5 rings (SSSR count). The van der Waals surface area contributed by atoms with Crippen LogP contribution in [0.5, 0.6) is 11.5 Å². The molecule has 0 radical (unpaired) electrons. The van der Waals surface area contributed by atoms with Crippen molar-refractivity contribution in [3.8, 4) is 22.6 Å². The third-order valence-electron chi connectivity index (χ3n) is 5.51. The van der Waals surface area contributed by atoms with Crippen LogP contribution in [0.2, 0.25) is 0 Å². The summed E-state index contributed by atoms with van der Waals surface area (Å²) in [6.45, 7) is 0. The summed E-state index contributed by atoms with van der Waals surface area (Å²) in [5, 5.41) is 10.6. The van der Waals surface area contributed by atoms with Crippen LogP contribution < -0.4 is 20.1 Å². The molecule has 2 aromatic heterocycles. The van der Waals surface area contributed by atoms with Gasteiger partial charge in [0.15, 0.2) is 17.1 Å². The van der Waals surface area contributed by atoms with E-state index in [-0.39, 0.29) is 5.91 Å². The van der Waals surface area contributed by atoms with Gasteiger partial charge in [-0.15, -0.1) is 0 Å². The molecule has 0 bridgehead atoms. The fourth-order valence-electron chi connectivity index (χ4n) is 3.72. The Morgan fingerprint density at radius 1 is 0.857 bits per heavy atom. The molecule has 0 aliphatic carbocycles. The van der Waals surface area contributed by atoms with Gasteiger partial charge in [-0.1, -0.05) is 24.3 Å². The predicted octanol–water partition coefficient (Wildman–Crippen LogP) is 5.41. The monoisotopic (exact) mass is 465 g/mol. The maximum atomic E-state index is 12.4. The molecule has 5 aromatic rings. The highest BCUT2D eigenvalue weighted by Crippen LogP contribution is 2.33. The number of methoxy groups -OCH3 is 2. The number of nitrogens with zero attached hydrogens (tertiary/aromatic N) is 3. The van der Waals surface area contributed by atoms with Gasteiger partial charge in [0, 0.05) is 28.7 Å². The Balaban J connectivity index is 1.35. The average molecular weight is 466 g/mol. The molecule has 0 spiro atoms. The van der Waals surface area contributed by atoms with E-state index < -0.39 is 0 Å². The van der Waals surface area contributed by atoms with Crippen LogP contribution in [0.3, 0.4) is 0 Å². The Morgan fingerprint density at radius 3 is 2.34 bits per heavy atom. The van der Waals surface area contributed by atoms with Crippen molar-refractivity contribution in [3.63, 3.8) is 0 Å². The minimum atomic E-state index is -0.151. The Kier molecular flexibility index (Phi) is 6.00. The van der Waals surface area contributed by atoms with Crippen molar-refractivity contribution in [2.45, 2.75) is 0 Å². The Hall–Kier alpha value is -4.85. The van der Waals surface area contributed by atoms with Crippen LogP contribution in [-0.4, -0.2) is 34.7 Å². The lowest BCUT2D eigenvalue weighted by Crippen LogP contribution is -2.11. The van der Waals surface area contributed by atoms with Crippen molar-refractivity contribution in [1.82, 2.24) is 14.6 Å². The van der Waals surface area contributed by atoms with Crippen molar-refractivity contribution in [2.75, 3.05) is 24.9 Å². The quantitative estimate of drug-likeness (QED) is 0.334. The third kappa shape index (κ3) is 4.63. The number of rotatable bonds is 7. The number of nitrogens with one attached hydrogen (secondary N) is 2. The number of aromatic nitrogens is 3. The van der Waals surface area contributed by atoms with Crippen molar-refractivity contribution >= 4 is 28.7 Å². The van der Waals surface area contributed by atoms with Crippen molar-refractivity contribution in [1.29, 1.82) is 0 Å². The number of carbonyl (C=O) groups excluding carboxylic acids is 1. The molecule has 174 valence electrons. The third-order valence-corrected chi connectivity index (χ3v) is 5.51. The molecule has 35 heavy (non-hydrogen) atoms. The second kappa shape index (κ2) is 9.56. The van der Waals surface area contributed by atoms with Crippen LogP contribution in [0.1, 0.15) is 10.4 Å². The fraction of sp³-hybridized carbons (Fsp3) is 0.0741. The largest absolute Gasteiger partial charge is 0.493 e. The van der Waals surface area contributed by atoms with Gasteiger partial charge in [-0.25, -0.2) is 9.50 Å². The Morgan fingerprint density at radius 2 is 1.60 bits per heavy atom. The SMILES string of the molecule is COc1ccc(-c2cnn3ccc(Nc4ccc(NC(=O)c5ccccc5)cc4)nc23)cc1OC. The van der Waals surface area contributed by atoms with Gasteiger partial charge in [0.1, 0.15) is 5.82 Å². The number of hydrogen-bond donors (Lipinski definition) is 2. The van der Waals surface area contributed by atoms with Crippen LogP contribution in [0, 0.1) is 0 Å². The van der Waals surface area contributed by atoms with E-state index in [1.54, 1.807) is 37.1 Å². The number of benzene rings is 3. The zero-order valence-corrected chi connectivity index (χ0v) is 19.2. The minimum Gasteiger partial charge on any atom is -0.493 e. The lowest BCUT2D eigenvalue weighted by atomic mass is 10.1. The number of fused-ring (bicyclic) bond motifs is 1. The molecule has 0 atom stereocenters. The van der Waals surface area contributed by atoms with Gasteiger partial charge in [0.05, 0.1) is 20.4 Å². The molecule has 0 aliphatic rings. The highest BCUT2D eigenvalue weighted by Gasteiger charge is 2.13. The van der Waals surface area contributed by atoms with Crippen LogP contribution in [0.25, 0.3) is 16.8 Å². The predicted molar refractivity (Wildman–Crippen MR) is 136 cm³/mol. The smallest absolute Gasteiger partial charge is 0.255 e. The van der Waals surface area contributed by atoms with Gasteiger partial charge in [0.2, 0.25) is 0 Å². The number of hydrogen-bond acceptors (Lipinski definition) is 6. The summed E-state index contributed by atoms with van der Waals surface area (Å²) in [4.78, 5) is 17.1. The van der Waals surface area contributed by atoms with E-state index in [0.29, 0.717) is 34.2 Å². The summed E-state index contributed by atoms with van der Waals surface area (Å²) >= 11 is 0. The zero-order valence-electron chi connectivity index (χ0n) is 19.2. The average Bonchev–Trinajstić information content (AvgIpc) is 3.33. The molecule has 0 saturated carbocycles. The number of anilines is 3. The second-order valence-corrected chi connectivity index (χ2v) is 7.73. The van der Waals surface area contributed by atoms with Gasteiger partial charge in [-0.3, -0.25) is 4.79 Å². The summed E-state index contributed by atoms with van der Waals surface area (Å²) in [7, 11) is 3.21. The van der Waals surface area contributed by atoms with Crippen LogP contribution in [0.4, 0.5) is 17.2 Å². The number of amides is 1. The second-order valence-electron chi connectivity index (χ2n) is 7.73. The molecule has 8 nitrogen and oxygen atoms in total. The molecule has 2 heterocycles.